The van der Waals surface area contributed by atoms with E-state index in [1.165, 1.54) is 11.3 Å². The second-order valence-electron chi connectivity index (χ2n) is 4.33. The Morgan fingerprint density at radius 3 is 3.00 bits per heavy atom. The molecule has 2 aromatic rings. The number of pyridine rings is 1. The molecule has 100 valence electrons. The van der Waals surface area contributed by atoms with Crippen LogP contribution in [0.1, 0.15) is 31.9 Å². The van der Waals surface area contributed by atoms with Gasteiger partial charge in [-0.25, -0.2) is 4.98 Å². The lowest BCUT2D eigenvalue weighted by atomic mass is 10.2. The molecule has 0 bridgehead atoms. The van der Waals surface area contributed by atoms with Gasteiger partial charge in [0.2, 0.25) is 5.91 Å². The van der Waals surface area contributed by atoms with Gasteiger partial charge < -0.3 is 5.32 Å². The summed E-state index contributed by atoms with van der Waals surface area (Å²) in [6.45, 7) is 4.02. The Bertz CT molecular complexity index is 551. The Hall–Kier alpha value is -1.75. The summed E-state index contributed by atoms with van der Waals surface area (Å²) in [5.74, 6) is 0.0355. The van der Waals surface area contributed by atoms with E-state index >= 15 is 0 Å². The van der Waals surface area contributed by atoms with Gasteiger partial charge >= 0.3 is 0 Å². The number of unbranched alkanes of at least 4 members (excludes halogenated alkanes) is 1. The summed E-state index contributed by atoms with van der Waals surface area (Å²) in [6, 6.07) is 3.89. The fourth-order valence-electron chi connectivity index (χ4n) is 1.73. The number of aryl methyl sites for hydroxylation is 1. The molecular formula is C14H17N3OS. The van der Waals surface area contributed by atoms with Crippen LogP contribution >= 0.6 is 11.3 Å². The minimum atomic E-state index is 0.0355. The first-order chi connectivity index (χ1) is 9.20. The quantitative estimate of drug-likeness (QED) is 0.906. The van der Waals surface area contributed by atoms with Crippen LogP contribution in [0, 0.1) is 6.92 Å². The van der Waals surface area contributed by atoms with Crippen LogP contribution in [0.15, 0.2) is 24.5 Å². The van der Waals surface area contributed by atoms with E-state index in [2.05, 4.69) is 22.2 Å². The molecule has 0 aliphatic rings. The predicted molar refractivity (Wildman–Crippen MR) is 78.2 cm³/mol. The van der Waals surface area contributed by atoms with Crippen molar-refractivity contribution in [3.8, 4) is 10.4 Å². The Morgan fingerprint density at radius 2 is 2.32 bits per heavy atom. The van der Waals surface area contributed by atoms with Crippen LogP contribution in [0.3, 0.4) is 0 Å². The summed E-state index contributed by atoms with van der Waals surface area (Å²) in [7, 11) is 0. The normalized spacial score (nSPS) is 10.4. The zero-order valence-electron chi connectivity index (χ0n) is 11.1. The summed E-state index contributed by atoms with van der Waals surface area (Å²) in [6.07, 6.45) is 6.03. The summed E-state index contributed by atoms with van der Waals surface area (Å²) < 4.78 is 0. The molecule has 19 heavy (non-hydrogen) atoms. The molecule has 0 unspecified atom stereocenters. The first kappa shape index (κ1) is 13.7. The van der Waals surface area contributed by atoms with Crippen molar-refractivity contribution in [1.82, 2.24) is 9.97 Å². The van der Waals surface area contributed by atoms with Crippen molar-refractivity contribution >= 4 is 22.4 Å². The molecule has 0 aliphatic carbocycles. The zero-order valence-corrected chi connectivity index (χ0v) is 12.0. The fourth-order valence-corrected chi connectivity index (χ4v) is 2.71. The first-order valence-electron chi connectivity index (χ1n) is 6.38. The summed E-state index contributed by atoms with van der Waals surface area (Å²) in [5, 5.41) is 3.52. The number of aromatic nitrogens is 2. The van der Waals surface area contributed by atoms with Gasteiger partial charge in [-0.1, -0.05) is 30.7 Å². The number of thiazole rings is 1. The molecule has 0 saturated heterocycles. The number of carbonyl (C=O) groups excluding carboxylic acids is 1. The Kier molecular flexibility index (Phi) is 4.63. The maximum Gasteiger partial charge on any atom is 0.226 e. The number of hydrogen-bond acceptors (Lipinski definition) is 4. The van der Waals surface area contributed by atoms with Crippen LogP contribution in [0.25, 0.3) is 10.4 Å². The second kappa shape index (κ2) is 6.43. The van der Waals surface area contributed by atoms with E-state index < -0.39 is 0 Å². The summed E-state index contributed by atoms with van der Waals surface area (Å²) >= 11 is 1.49. The SMILES string of the molecule is CCCCC(=O)Nc1nc(C)c(-c2cccnc2)s1. The van der Waals surface area contributed by atoms with E-state index in [-0.39, 0.29) is 5.91 Å². The lowest BCUT2D eigenvalue weighted by Crippen LogP contribution is -2.10. The van der Waals surface area contributed by atoms with Crippen LogP contribution in [0.2, 0.25) is 0 Å². The van der Waals surface area contributed by atoms with E-state index in [0.29, 0.717) is 11.6 Å². The Labute approximate surface area is 116 Å². The lowest BCUT2D eigenvalue weighted by molar-refractivity contribution is -0.116. The Balaban J connectivity index is 2.11. The van der Waals surface area contributed by atoms with E-state index in [9.17, 15) is 4.79 Å². The molecule has 4 nitrogen and oxygen atoms in total. The van der Waals surface area contributed by atoms with Gasteiger partial charge in [0, 0.05) is 24.4 Å². The maximum atomic E-state index is 11.7. The average molecular weight is 275 g/mol. The van der Waals surface area contributed by atoms with Gasteiger partial charge in [-0.15, -0.1) is 0 Å². The molecule has 2 heterocycles. The molecule has 0 radical (unpaired) electrons. The minimum Gasteiger partial charge on any atom is -0.302 e. The lowest BCUT2D eigenvalue weighted by Gasteiger charge is -1.99. The highest BCUT2D eigenvalue weighted by molar-refractivity contribution is 7.19. The third kappa shape index (κ3) is 3.61. The number of anilines is 1. The average Bonchev–Trinajstić information content (AvgIpc) is 2.78. The second-order valence-corrected chi connectivity index (χ2v) is 5.33. The molecule has 2 aromatic heterocycles. The molecule has 0 spiro atoms. The molecule has 0 aromatic carbocycles. The third-order valence-electron chi connectivity index (χ3n) is 2.72. The maximum absolute atomic E-state index is 11.7. The monoisotopic (exact) mass is 275 g/mol. The zero-order chi connectivity index (χ0) is 13.7. The van der Waals surface area contributed by atoms with Crippen molar-refractivity contribution in [3.05, 3.63) is 30.2 Å². The predicted octanol–water partition coefficient (Wildman–Crippen LogP) is 3.64. The highest BCUT2D eigenvalue weighted by Crippen LogP contribution is 2.32. The number of amides is 1. The number of carbonyl (C=O) groups is 1. The van der Waals surface area contributed by atoms with Crippen molar-refractivity contribution in [2.75, 3.05) is 5.32 Å². The summed E-state index contributed by atoms with van der Waals surface area (Å²) in [4.78, 5) is 21.2. The van der Waals surface area contributed by atoms with Crippen molar-refractivity contribution in [1.29, 1.82) is 0 Å². The van der Waals surface area contributed by atoms with E-state index in [0.717, 1.165) is 29.0 Å². The third-order valence-corrected chi connectivity index (χ3v) is 3.85. The van der Waals surface area contributed by atoms with E-state index in [4.69, 9.17) is 0 Å². The molecule has 5 heteroatoms. The van der Waals surface area contributed by atoms with Crippen molar-refractivity contribution in [3.63, 3.8) is 0 Å². The van der Waals surface area contributed by atoms with Crippen LogP contribution < -0.4 is 5.32 Å². The van der Waals surface area contributed by atoms with Crippen LogP contribution in [0.4, 0.5) is 5.13 Å². The number of nitrogens with one attached hydrogen (secondary N) is 1. The molecule has 0 atom stereocenters. The molecule has 0 aliphatic heterocycles. The standard InChI is InChI=1S/C14H17N3OS/c1-3-4-7-12(18)17-14-16-10(2)13(19-14)11-6-5-8-15-9-11/h5-6,8-9H,3-4,7H2,1-2H3,(H,16,17,18). The minimum absolute atomic E-state index is 0.0355. The van der Waals surface area contributed by atoms with Crippen LogP contribution in [0.5, 0.6) is 0 Å². The smallest absolute Gasteiger partial charge is 0.226 e. The topological polar surface area (TPSA) is 54.9 Å². The van der Waals surface area contributed by atoms with Gasteiger partial charge in [0.25, 0.3) is 0 Å². The van der Waals surface area contributed by atoms with Crippen molar-refractivity contribution < 1.29 is 4.79 Å². The first-order valence-corrected chi connectivity index (χ1v) is 7.20. The number of nitrogens with zero attached hydrogens (tertiary/aromatic N) is 2. The summed E-state index contributed by atoms with van der Waals surface area (Å²) in [5.41, 5.74) is 1.95. The van der Waals surface area contributed by atoms with Gasteiger partial charge in [0.05, 0.1) is 10.6 Å². The molecule has 0 saturated carbocycles. The number of hydrogen-bond donors (Lipinski definition) is 1. The molecule has 2 rings (SSSR count). The number of rotatable bonds is 5. The van der Waals surface area contributed by atoms with Gasteiger partial charge in [-0.2, -0.15) is 0 Å². The van der Waals surface area contributed by atoms with Crippen molar-refractivity contribution in [2.24, 2.45) is 0 Å². The van der Waals surface area contributed by atoms with Gasteiger partial charge in [0.15, 0.2) is 5.13 Å². The molecule has 1 N–H and O–H groups in total. The fraction of sp³-hybridized carbons (Fsp3) is 0.357. The molecule has 1 amide bonds. The van der Waals surface area contributed by atoms with Crippen LogP contribution in [-0.2, 0) is 4.79 Å². The van der Waals surface area contributed by atoms with Gasteiger partial charge in [-0.3, -0.25) is 9.78 Å². The van der Waals surface area contributed by atoms with E-state index in [1.807, 2.05) is 25.3 Å². The van der Waals surface area contributed by atoms with Gasteiger partial charge in [0.1, 0.15) is 0 Å². The van der Waals surface area contributed by atoms with Crippen LogP contribution in [-0.4, -0.2) is 15.9 Å². The molecular weight excluding hydrogens is 258 g/mol. The largest absolute Gasteiger partial charge is 0.302 e. The Morgan fingerprint density at radius 1 is 1.47 bits per heavy atom. The van der Waals surface area contributed by atoms with Gasteiger partial charge in [-0.05, 0) is 19.4 Å². The van der Waals surface area contributed by atoms with Crippen molar-refractivity contribution in [2.45, 2.75) is 33.1 Å². The van der Waals surface area contributed by atoms with E-state index in [1.54, 1.807) is 6.20 Å². The highest BCUT2D eigenvalue weighted by Gasteiger charge is 2.11. The highest BCUT2D eigenvalue weighted by atomic mass is 32.1. The molecule has 0 fully saturated rings.